The summed E-state index contributed by atoms with van der Waals surface area (Å²) in [6.45, 7) is 17.0. The smallest absolute Gasteiger partial charge is 0.309 e. The number of rotatable bonds is 10. The molecule has 8 fully saturated rings. The van der Waals surface area contributed by atoms with Crippen molar-refractivity contribution < 1.29 is 88.0 Å². The highest BCUT2D eigenvalue weighted by atomic mass is 16.8. The Labute approximate surface area is 400 Å². The van der Waals surface area contributed by atoms with Gasteiger partial charge in [0.2, 0.25) is 0 Å². The van der Waals surface area contributed by atoms with Crippen molar-refractivity contribution in [2.75, 3.05) is 19.8 Å². The molecule has 3 heterocycles. The topological polar surface area (TPSA) is 267 Å². The van der Waals surface area contributed by atoms with E-state index in [1.807, 2.05) is 0 Å². The monoisotopic (exact) mass is 969 g/mol. The SMILES string of the molecule is CC(=O)O[C@@H]1[C@@H](O)[C@H](O[C@@H]2[C@@H](O)[C@H](C)O[C@@H](O[C@H]3[C@H](O[C@H]4CC[C@@]5(C)[C@@H](CC[C@]6(C)[C@@H]5CC[C@@H]5[C@@H]7CC(C)(C)CC[C@]7(C(=O)O)CC[C@]56C)[C@]4(C)CO)OC[C@H](O)[C@@H]3O)[C@@H]2O)OC[C@H]1OC(C)=O. The molecule has 0 unspecified atom stereocenters. The highest BCUT2D eigenvalue weighted by molar-refractivity contribution is 5.75. The number of carboxylic acid groups (broad SMARTS) is 1. The lowest BCUT2D eigenvalue weighted by Crippen LogP contribution is -2.69. The van der Waals surface area contributed by atoms with Crippen LogP contribution in [0.4, 0.5) is 0 Å². The van der Waals surface area contributed by atoms with E-state index in [1.165, 1.54) is 6.92 Å². The van der Waals surface area contributed by atoms with Gasteiger partial charge in [-0.25, -0.2) is 0 Å². The first-order chi connectivity index (χ1) is 31.8. The first-order valence-electron chi connectivity index (χ1n) is 25.2. The molecule has 0 amide bonds. The number of fused-ring (bicyclic) bond motifs is 7. The van der Waals surface area contributed by atoms with E-state index < -0.39 is 115 Å². The number of carbonyl (C=O) groups is 3. The van der Waals surface area contributed by atoms with Gasteiger partial charge in [0.15, 0.2) is 31.1 Å². The van der Waals surface area contributed by atoms with Crippen LogP contribution in [0.15, 0.2) is 0 Å². The molecular weight excluding hydrogens is 889 g/mol. The molecule has 0 aromatic rings. The van der Waals surface area contributed by atoms with Crippen molar-refractivity contribution in [3.05, 3.63) is 0 Å². The molecule has 18 heteroatoms. The Balaban J connectivity index is 0.988. The number of esters is 2. The molecule has 8 rings (SSSR count). The van der Waals surface area contributed by atoms with Crippen molar-refractivity contribution in [3.63, 3.8) is 0 Å². The van der Waals surface area contributed by atoms with Crippen LogP contribution in [0.25, 0.3) is 0 Å². The molecule has 23 atom stereocenters. The number of hydrogen-bond donors (Lipinski definition) is 7. The van der Waals surface area contributed by atoms with Gasteiger partial charge in [-0.1, -0.05) is 41.5 Å². The van der Waals surface area contributed by atoms with E-state index in [2.05, 4.69) is 41.5 Å². The number of aliphatic hydroxyl groups is 6. The maximum atomic E-state index is 13.2. The fourth-order valence-electron chi connectivity index (χ4n) is 15.9. The molecule has 18 nitrogen and oxygen atoms in total. The minimum atomic E-state index is -1.79. The predicted octanol–water partition coefficient (Wildman–Crippen LogP) is 3.21. The maximum absolute atomic E-state index is 13.2. The quantitative estimate of drug-likeness (QED) is 0.122. The van der Waals surface area contributed by atoms with Gasteiger partial charge in [0.05, 0.1) is 37.4 Å². The van der Waals surface area contributed by atoms with E-state index in [4.69, 9.17) is 37.9 Å². The zero-order valence-electron chi connectivity index (χ0n) is 41.4. The molecule has 0 radical (unpaired) electrons. The van der Waals surface area contributed by atoms with Crippen LogP contribution in [0.3, 0.4) is 0 Å². The second-order valence-electron chi connectivity index (χ2n) is 24.0. The highest BCUT2D eigenvalue weighted by Gasteiger charge is 2.72. The molecule has 7 N–H and O–H groups in total. The standard InChI is InChI=1S/C50H80O18/c1-24-34(55)39(67-41-36(57)38(65-26(3)53)30(22-62-41)64-25(2)52)37(58)42(63-24)68-40-35(56)29(54)21-61-43(40)66-33-13-14-46(6)31(47(33,7)23-51)12-15-49(9)32(46)11-10-27-28-20-45(4,5)16-18-50(28,44(59)60)19-17-48(27,49)8/h24,27-43,51,54-58H,10-23H2,1-9H3,(H,59,60)/t24-,27+,28-,29-,30+,31+,32+,33-,34-,35-,36+,37+,38-,39+,40+,41-,42-,43-,46-,47-,48+,49+,50-/m0/s1. The molecule has 5 aliphatic carbocycles. The Kier molecular flexibility index (Phi) is 14.4. The molecule has 5 saturated carbocycles. The molecule has 0 spiro atoms. The van der Waals surface area contributed by atoms with Gasteiger partial charge in [-0.2, -0.15) is 0 Å². The molecule has 0 aromatic heterocycles. The lowest BCUT2D eigenvalue weighted by Gasteiger charge is -2.73. The summed E-state index contributed by atoms with van der Waals surface area (Å²) in [6.07, 6.45) is -10.4. The number of carboxylic acids is 1. The summed E-state index contributed by atoms with van der Waals surface area (Å²) >= 11 is 0. The highest BCUT2D eigenvalue weighted by Crippen LogP contribution is 2.77. The maximum Gasteiger partial charge on any atom is 0.309 e. The predicted molar refractivity (Wildman–Crippen MR) is 238 cm³/mol. The van der Waals surface area contributed by atoms with Crippen molar-refractivity contribution in [1.82, 2.24) is 0 Å². The zero-order valence-corrected chi connectivity index (χ0v) is 41.4. The Hall–Kier alpha value is -2.07. The third kappa shape index (κ3) is 8.56. The van der Waals surface area contributed by atoms with Gasteiger partial charge >= 0.3 is 17.9 Å². The van der Waals surface area contributed by atoms with E-state index >= 15 is 0 Å². The van der Waals surface area contributed by atoms with Crippen LogP contribution in [0.2, 0.25) is 0 Å². The van der Waals surface area contributed by atoms with Crippen molar-refractivity contribution >= 4 is 17.9 Å². The molecule has 388 valence electrons. The summed E-state index contributed by atoms with van der Waals surface area (Å²) < 4.78 is 47.1. The van der Waals surface area contributed by atoms with E-state index in [-0.39, 0.29) is 53.3 Å². The molecule has 0 bridgehead atoms. The summed E-state index contributed by atoms with van der Waals surface area (Å²) in [4.78, 5) is 36.9. The second kappa shape index (κ2) is 18.8. The summed E-state index contributed by atoms with van der Waals surface area (Å²) in [7, 11) is 0. The average molecular weight is 969 g/mol. The third-order valence-electron chi connectivity index (χ3n) is 19.9. The van der Waals surface area contributed by atoms with Gasteiger partial charge in [-0.05, 0) is 123 Å². The summed E-state index contributed by atoms with van der Waals surface area (Å²) in [5.74, 6) is -1.28. The van der Waals surface area contributed by atoms with Gasteiger partial charge in [0.1, 0.15) is 42.7 Å². The minimum Gasteiger partial charge on any atom is -0.481 e. The minimum absolute atomic E-state index is 0.0385. The van der Waals surface area contributed by atoms with Gasteiger partial charge in [0.25, 0.3) is 0 Å². The van der Waals surface area contributed by atoms with Crippen LogP contribution in [0, 0.1) is 56.2 Å². The molecule has 68 heavy (non-hydrogen) atoms. The first kappa shape index (κ1) is 52.3. The van der Waals surface area contributed by atoms with Crippen LogP contribution < -0.4 is 0 Å². The van der Waals surface area contributed by atoms with Crippen LogP contribution in [0.5, 0.6) is 0 Å². The van der Waals surface area contributed by atoms with Crippen LogP contribution in [-0.2, 0) is 52.3 Å². The zero-order chi connectivity index (χ0) is 49.7. The van der Waals surface area contributed by atoms with Crippen LogP contribution >= 0.6 is 0 Å². The molecular formula is C50H80O18. The lowest BCUT2D eigenvalue weighted by atomic mass is 9.31. The van der Waals surface area contributed by atoms with Gasteiger partial charge in [-0.3, -0.25) is 14.4 Å². The fourth-order valence-corrected chi connectivity index (χ4v) is 15.9. The number of aliphatic carboxylic acids is 1. The summed E-state index contributed by atoms with van der Waals surface area (Å²) in [5, 5.41) is 78.8. The van der Waals surface area contributed by atoms with Gasteiger partial charge in [-0.15, -0.1) is 0 Å². The van der Waals surface area contributed by atoms with Gasteiger partial charge in [0, 0.05) is 19.3 Å². The lowest BCUT2D eigenvalue weighted by molar-refractivity contribution is -0.379. The average Bonchev–Trinajstić information content (AvgIpc) is 3.26. The van der Waals surface area contributed by atoms with Crippen molar-refractivity contribution in [3.8, 4) is 0 Å². The third-order valence-corrected chi connectivity index (χ3v) is 19.9. The number of ether oxygens (including phenoxy) is 8. The van der Waals surface area contributed by atoms with Crippen LogP contribution in [0.1, 0.15) is 133 Å². The van der Waals surface area contributed by atoms with Gasteiger partial charge < -0.3 is 73.6 Å². The normalized spacial score (nSPS) is 52.3. The van der Waals surface area contributed by atoms with E-state index in [0.29, 0.717) is 24.7 Å². The number of hydrogen-bond acceptors (Lipinski definition) is 17. The second-order valence-corrected chi connectivity index (χ2v) is 24.0. The Morgan fingerprint density at radius 2 is 1.26 bits per heavy atom. The van der Waals surface area contributed by atoms with E-state index in [1.54, 1.807) is 0 Å². The van der Waals surface area contributed by atoms with Crippen molar-refractivity contribution in [1.29, 1.82) is 0 Å². The molecule has 3 aliphatic heterocycles. The Morgan fingerprint density at radius 3 is 1.93 bits per heavy atom. The fraction of sp³-hybridized carbons (Fsp3) is 0.940. The Morgan fingerprint density at radius 1 is 0.618 bits per heavy atom. The van der Waals surface area contributed by atoms with E-state index in [9.17, 15) is 50.1 Å². The summed E-state index contributed by atoms with van der Waals surface area (Å²) in [6, 6.07) is 0. The molecule has 0 aromatic carbocycles. The molecule has 8 aliphatic rings. The largest absolute Gasteiger partial charge is 0.481 e. The Bertz CT molecular complexity index is 1870. The molecule has 3 saturated heterocycles. The first-order valence-corrected chi connectivity index (χ1v) is 25.2. The summed E-state index contributed by atoms with van der Waals surface area (Å²) in [5.41, 5.74) is -1.61. The number of aliphatic hydroxyl groups excluding tert-OH is 6. The van der Waals surface area contributed by atoms with E-state index in [0.717, 1.165) is 71.6 Å². The van der Waals surface area contributed by atoms with Crippen molar-refractivity contribution in [2.45, 2.75) is 219 Å². The van der Waals surface area contributed by atoms with Crippen LogP contribution in [-0.4, -0.2) is 159 Å². The van der Waals surface area contributed by atoms with Crippen molar-refractivity contribution in [2.24, 2.45) is 56.2 Å². The number of carbonyl (C=O) groups excluding carboxylic acids is 2.